The highest BCUT2D eigenvalue weighted by Gasteiger charge is 2.25. The topological polar surface area (TPSA) is 67.2 Å². The molecule has 1 aliphatic heterocycles. The van der Waals surface area contributed by atoms with Crippen LogP contribution in [0.5, 0.6) is 0 Å². The van der Waals surface area contributed by atoms with Crippen LogP contribution in [0.25, 0.3) is 5.69 Å². The molecule has 1 fully saturated rings. The Hall–Kier alpha value is -2.93. The van der Waals surface area contributed by atoms with E-state index in [2.05, 4.69) is 20.4 Å². The molecule has 1 amide bonds. The lowest BCUT2D eigenvalue weighted by Gasteiger charge is -2.34. The molecular formula is C18H17ClN6O. The van der Waals surface area contributed by atoms with Crippen molar-refractivity contribution >= 4 is 23.5 Å². The molecule has 8 heteroatoms. The molecule has 4 rings (SSSR count). The molecule has 0 unspecified atom stereocenters. The Kier molecular flexibility index (Phi) is 4.53. The van der Waals surface area contributed by atoms with E-state index in [1.54, 1.807) is 28.9 Å². The number of nitrogens with zero attached hydrogens (tertiary/aromatic N) is 6. The SMILES string of the molecule is O=C(c1cccc(Cl)c1)N1CCN(c2nnnn2-c2ccccc2)CC1. The quantitative estimate of drug-likeness (QED) is 0.709. The average Bonchev–Trinajstić information content (AvgIpc) is 3.18. The third-order valence-corrected chi connectivity index (χ3v) is 4.61. The van der Waals surface area contributed by atoms with Gasteiger partial charge in [0.25, 0.3) is 5.91 Å². The lowest BCUT2D eigenvalue weighted by Crippen LogP contribution is -2.49. The smallest absolute Gasteiger partial charge is 0.254 e. The van der Waals surface area contributed by atoms with Crippen LogP contribution in [0.1, 0.15) is 10.4 Å². The van der Waals surface area contributed by atoms with Crippen LogP contribution in [0, 0.1) is 0 Å². The molecule has 26 heavy (non-hydrogen) atoms. The number of carbonyl (C=O) groups excluding carboxylic acids is 1. The van der Waals surface area contributed by atoms with E-state index in [1.165, 1.54) is 0 Å². The van der Waals surface area contributed by atoms with Gasteiger partial charge >= 0.3 is 0 Å². The van der Waals surface area contributed by atoms with Crippen LogP contribution >= 0.6 is 11.6 Å². The van der Waals surface area contributed by atoms with Crippen LogP contribution in [-0.2, 0) is 0 Å². The van der Waals surface area contributed by atoms with Gasteiger partial charge in [-0.1, -0.05) is 41.0 Å². The van der Waals surface area contributed by atoms with Crippen molar-refractivity contribution in [1.29, 1.82) is 0 Å². The molecule has 1 aliphatic rings. The summed E-state index contributed by atoms with van der Waals surface area (Å²) >= 11 is 5.99. The molecule has 7 nitrogen and oxygen atoms in total. The van der Waals surface area contributed by atoms with Gasteiger partial charge in [0.15, 0.2) is 0 Å². The monoisotopic (exact) mass is 368 g/mol. The minimum absolute atomic E-state index is 0.00481. The lowest BCUT2D eigenvalue weighted by atomic mass is 10.2. The molecule has 0 saturated carbocycles. The van der Waals surface area contributed by atoms with Crippen molar-refractivity contribution in [2.75, 3.05) is 31.1 Å². The molecule has 0 atom stereocenters. The summed E-state index contributed by atoms with van der Waals surface area (Å²) in [4.78, 5) is 16.6. The molecule has 1 saturated heterocycles. The third-order valence-electron chi connectivity index (χ3n) is 4.38. The Labute approximate surface area is 155 Å². The number of amides is 1. The largest absolute Gasteiger partial charge is 0.336 e. The van der Waals surface area contributed by atoms with E-state index in [0.29, 0.717) is 42.7 Å². The van der Waals surface area contributed by atoms with Crippen LogP contribution in [0.3, 0.4) is 0 Å². The highest BCUT2D eigenvalue weighted by atomic mass is 35.5. The van der Waals surface area contributed by atoms with Crippen LogP contribution in [0.4, 0.5) is 5.95 Å². The van der Waals surface area contributed by atoms with Gasteiger partial charge in [-0.2, -0.15) is 4.68 Å². The minimum Gasteiger partial charge on any atom is -0.336 e. The van der Waals surface area contributed by atoms with Crippen molar-refractivity contribution in [3.63, 3.8) is 0 Å². The standard InChI is InChI=1S/C18H17ClN6O/c19-15-6-4-5-14(13-15)17(26)23-9-11-24(12-10-23)18-20-21-22-25(18)16-7-2-1-3-8-16/h1-8,13H,9-12H2. The molecule has 1 aromatic heterocycles. The first-order valence-corrected chi connectivity index (χ1v) is 8.74. The van der Waals surface area contributed by atoms with E-state index < -0.39 is 0 Å². The Morgan fingerprint density at radius 2 is 1.73 bits per heavy atom. The second kappa shape index (κ2) is 7.13. The van der Waals surface area contributed by atoms with Crippen LogP contribution < -0.4 is 4.90 Å². The second-order valence-electron chi connectivity index (χ2n) is 6.02. The van der Waals surface area contributed by atoms with Gasteiger partial charge in [0, 0.05) is 36.8 Å². The first-order chi connectivity index (χ1) is 12.7. The predicted molar refractivity (Wildman–Crippen MR) is 98.7 cm³/mol. The summed E-state index contributed by atoms with van der Waals surface area (Å²) in [6.07, 6.45) is 0. The molecule has 0 spiro atoms. The molecule has 0 radical (unpaired) electrons. The highest BCUT2D eigenvalue weighted by Crippen LogP contribution is 2.18. The van der Waals surface area contributed by atoms with E-state index in [1.807, 2.05) is 35.2 Å². The number of hydrogen-bond acceptors (Lipinski definition) is 5. The number of para-hydroxylation sites is 1. The second-order valence-corrected chi connectivity index (χ2v) is 6.45. The van der Waals surface area contributed by atoms with Crippen molar-refractivity contribution in [3.8, 4) is 5.69 Å². The maximum atomic E-state index is 12.6. The van der Waals surface area contributed by atoms with Gasteiger partial charge in [0.1, 0.15) is 0 Å². The summed E-state index contributed by atoms with van der Waals surface area (Å²) in [5.74, 6) is 0.681. The average molecular weight is 369 g/mol. The number of hydrogen-bond donors (Lipinski definition) is 0. The summed E-state index contributed by atoms with van der Waals surface area (Å²) in [7, 11) is 0. The van der Waals surface area contributed by atoms with Crippen LogP contribution in [-0.4, -0.2) is 57.2 Å². The van der Waals surface area contributed by atoms with Gasteiger partial charge < -0.3 is 9.80 Å². The number of tetrazole rings is 1. The molecule has 0 aliphatic carbocycles. The van der Waals surface area contributed by atoms with Crippen LogP contribution in [0.2, 0.25) is 5.02 Å². The summed E-state index contributed by atoms with van der Waals surface area (Å²) in [5.41, 5.74) is 1.52. The summed E-state index contributed by atoms with van der Waals surface area (Å²) in [6, 6.07) is 16.8. The molecule has 3 aromatic rings. The van der Waals surface area contributed by atoms with Crippen molar-refractivity contribution in [2.45, 2.75) is 0 Å². The third kappa shape index (κ3) is 3.25. The first kappa shape index (κ1) is 16.5. The maximum absolute atomic E-state index is 12.6. The van der Waals surface area contributed by atoms with Gasteiger partial charge in [-0.25, -0.2) is 0 Å². The fraction of sp³-hybridized carbons (Fsp3) is 0.222. The number of aromatic nitrogens is 4. The number of benzene rings is 2. The normalized spacial score (nSPS) is 14.5. The van der Waals surface area contributed by atoms with Crippen molar-refractivity contribution < 1.29 is 4.79 Å². The van der Waals surface area contributed by atoms with Gasteiger partial charge in [-0.3, -0.25) is 4.79 Å². The maximum Gasteiger partial charge on any atom is 0.254 e. The Balaban J connectivity index is 1.46. The van der Waals surface area contributed by atoms with Gasteiger partial charge in [-0.15, -0.1) is 0 Å². The first-order valence-electron chi connectivity index (χ1n) is 8.36. The van der Waals surface area contributed by atoms with E-state index in [-0.39, 0.29) is 5.91 Å². The molecular weight excluding hydrogens is 352 g/mol. The number of anilines is 1. The van der Waals surface area contributed by atoms with Crippen LogP contribution in [0.15, 0.2) is 54.6 Å². The fourth-order valence-electron chi connectivity index (χ4n) is 3.03. The number of piperazine rings is 1. The van der Waals surface area contributed by atoms with E-state index in [4.69, 9.17) is 11.6 Å². The van der Waals surface area contributed by atoms with Crippen molar-refractivity contribution in [1.82, 2.24) is 25.1 Å². The Morgan fingerprint density at radius 1 is 0.962 bits per heavy atom. The zero-order valence-corrected chi connectivity index (χ0v) is 14.8. The molecule has 0 bridgehead atoms. The predicted octanol–water partition coefficient (Wildman–Crippen LogP) is 2.28. The summed E-state index contributed by atoms with van der Waals surface area (Å²) in [5, 5.41) is 12.6. The minimum atomic E-state index is -0.00481. The molecule has 0 N–H and O–H groups in total. The van der Waals surface area contributed by atoms with Crippen molar-refractivity contribution in [3.05, 3.63) is 65.2 Å². The zero-order valence-electron chi connectivity index (χ0n) is 14.0. The molecule has 2 aromatic carbocycles. The van der Waals surface area contributed by atoms with E-state index in [0.717, 1.165) is 5.69 Å². The fourth-order valence-corrected chi connectivity index (χ4v) is 3.22. The van der Waals surface area contributed by atoms with Gasteiger partial charge in [0.2, 0.25) is 5.95 Å². The van der Waals surface area contributed by atoms with Gasteiger partial charge in [-0.05, 0) is 40.8 Å². The molecule has 132 valence electrons. The van der Waals surface area contributed by atoms with E-state index >= 15 is 0 Å². The Bertz CT molecular complexity index is 905. The van der Waals surface area contributed by atoms with Crippen molar-refractivity contribution in [2.24, 2.45) is 0 Å². The number of halogens is 1. The van der Waals surface area contributed by atoms with E-state index in [9.17, 15) is 4.79 Å². The molecule has 2 heterocycles. The highest BCUT2D eigenvalue weighted by molar-refractivity contribution is 6.30. The summed E-state index contributed by atoms with van der Waals surface area (Å²) < 4.78 is 1.72. The lowest BCUT2D eigenvalue weighted by molar-refractivity contribution is 0.0746. The summed E-state index contributed by atoms with van der Waals surface area (Å²) in [6.45, 7) is 2.54. The zero-order chi connectivity index (χ0) is 17.9. The number of rotatable bonds is 3. The van der Waals surface area contributed by atoms with Gasteiger partial charge in [0.05, 0.1) is 5.69 Å². The number of carbonyl (C=O) groups is 1. The Morgan fingerprint density at radius 3 is 2.46 bits per heavy atom.